The predicted octanol–water partition coefficient (Wildman–Crippen LogP) is 2.69. The Balaban J connectivity index is 1.89. The lowest BCUT2D eigenvalue weighted by Crippen LogP contribution is -2.40. The van der Waals surface area contributed by atoms with Crippen LogP contribution in [0.3, 0.4) is 0 Å². The van der Waals surface area contributed by atoms with Crippen molar-refractivity contribution in [1.29, 1.82) is 0 Å². The maximum Gasteiger partial charge on any atom is 0.0459 e. The molecule has 18 heavy (non-hydrogen) atoms. The van der Waals surface area contributed by atoms with Crippen LogP contribution < -0.4 is 0 Å². The molecule has 1 aliphatic heterocycles. The van der Waals surface area contributed by atoms with E-state index in [0.717, 1.165) is 6.04 Å². The number of piperidine rings is 1. The zero-order valence-corrected chi connectivity index (χ0v) is 11.0. The predicted molar refractivity (Wildman–Crippen MR) is 72.8 cm³/mol. The Morgan fingerprint density at radius 3 is 3.17 bits per heavy atom. The number of rotatable bonds is 0. The third-order valence-corrected chi connectivity index (χ3v) is 6.00. The van der Waals surface area contributed by atoms with Crippen molar-refractivity contribution in [3.8, 4) is 0 Å². The molecule has 2 fully saturated rings. The molecule has 1 saturated carbocycles. The summed E-state index contributed by atoms with van der Waals surface area (Å²) >= 11 is 0. The van der Waals surface area contributed by atoms with Crippen LogP contribution in [0.5, 0.6) is 0 Å². The first-order chi connectivity index (χ1) is 8.66. The highest BCUT2D eigenvalue weighted by atomic mass is 15.2. The van der Waals surface area contributed by atoms with E-state index < -0.39 is 0 Å². The maximum absolute atomic E-state index is 3.45. The molecule has 1 aromatic heterocycles. The van der Waals surface area contributed by atoms with Gasteiger partial charge >= 0.3 is 0 Å². The Bertz CT molecular complexity index is 685. The van der Waals surface area contributed by atoms with Gasteiger partial charge in [0.2, 0.25) is 0 Å². The van der Waals surface area contributed by atoms with E-state index in [4.69, 9.17) is 0 Å². The molecule has 3 atom stereocenters. The average molecular weight is 238 g/mol. The van der Waals surface area contributed by atoms with Crippen molar-refractivity contribution in [3.63, 3.8) is 0 Å². The van der Waals surface area contributed by atoms with Crippen molar-refractivity contribution in [2.24, 2.45) is 5.41 Å². The molecular formula is C16H18N2. The van der Waals surface area contributed by atoms with Crippen LogP contribution in [-0.4, -0.2) is 29.5 Å². The van der Waals surface area contributed by atoms with Gasteiger partial charge in [-0.3, -0.25) is 0 Å². The Morgan fingerprint density at radius 1 is 1.39 bits per heavy atom. The first-order valence-corrected chi connectivity index (χ1v) is 6.95. The molecule has 3 unspecified atom stereocenters. The Morgan fingerprint density at radius 2 is 2.28 bits per heavy atom. The summed E-state index contributed by atoms with van der Waals surface area (Å²) in [5.74, 6) is 0. The molecule has 1 aromatic carbocycles. The van der Waals surface area contributed by atoms with E-state index in [9.17, 15) is 0 Å². The van der Waals surface area contributed by atoms with Crippen LogP contribution >= 0.6 is 0 Å². The van der Waals surface area contributed by atoms with Gasteiger partial charge in [0, 0.05) is 35.1 Å². The minimum absolute atomic E-state index is 0.455. The van der Waals surface area contributed by atoms with Gasteiger partial charge < -0.3 is 9.88 Å². The van der Waals surface area contributed by atoms with E-state index in [1.54, 1.807) is 5.56 Å². The highest BCUT2D eigenvalue weighted by Crippen LogP contribution is 2.73. The molecule has 0 amide bonds. The SMILES string of the molecule is CN1CC2(C)CC23c2cccc4[nH]cc(c24)CC13. The summed E-state index contributed by atoms with van der Waals surface area (Å²) in [5, 5.41) is 1.53. The molecule has 1 N–H and O–H groups in total. The topological polar surface area (TPSA) is 19.0 Å². The fourth-order valence-electron chi connectivity index (χ4n) is 5.25. The smallest absolute Gasteiger partial charge is 0.0459 e. The second-order valence-corrected chi connectivity index (χ2v) is 6.89. The summed E-state index contributed by atoms with van der Waals surface area (Å²) in [6, 6.07) is 7.55. The molecule has 2 nitrogen and oxygen atoms in total. The molecule has 0 bridgehead atoms. The van der Waals surface area contributed by atoms with Crippen LogP contribution in [-0.2, 0) is 11.8 Å². The molecule has 2 heteroatoms. The molecule has 1 saturated heterocycles. The molecule has 0 radical (unpaired) electrons. The minimum atomic E-state index is 0.455. The lowest BCUT2D eigenvalue weighted by Gasteiger charge is -2.34. The van der Waals surface area contributed by atoms with Gasteiger partial charge in [-0.15, -0.1) is 0 Å². The number of nitrogens with zero attached hydrogens (tertiary/aromatic N) is 1. The van der Waals surface area contributed by atoms with Crippen molar-refractivity contribution >= 4 is 10.9 Å². The number of aromatic amines is 1. The van der Waals surface area contributed by atoms with Crippen molar-refractivity contribution in [1.82, 2.24) is 9.88 Å². The number of H-pyrrole nitrogens is 1. The van der Waals surface area contributed by atoms with Gasteiger partial charge in [-0.05, 0) is 42.5 Å². The minimum Gasteiger partial charge on any atom is -0.361 e. The summed E-state index contributed by atoms with van der Waals surface area (Å²) in [6.07, 6.45) is 4.84. The van der Waals surface area contributed by atoms with Crippen LogP contribution in [0.4, 0.5) is 0 Å². The fourth-order valence-corrected chi connectivity index (χ4v) is 5.25. The monoisotopic (exact) mass is 238 g/mol. The van der Waals surface area contributed by atoms with E-state index in [1.165, 1.54) is 35.9 Å². The van der Waals surface area contributed by atoms with E-state index in [1.807, 2.05) is 0 Å². The van der Waals surface area contributed by atoms with Gasteiger partial charge in [-0.2, -0.15) is 0 Å². The second-order valence-electron chi connectivity index (χ2n) is 6.89. The standard InChI is InChI=1S/C16H18N2/c1-15-8-16(15)11-4-3-5-12-14(11)10(7-17-12)6-13(16)18(2)9-15/h3-5,7,13,17H,6,8-9H2,1-2H3. The lowest BCUT2D eigenvalue weighted by atomic mass is 9.75. The zero-order chi connectivity index (χ0) is 12.1. The average Bonchev–Trinajstić information content (AvgIpc) is 2.68. The first-order valence-electron chi connectivity index (χ1n) is 6.95. The molecule has 2 heterocycles. The summed E-state index contributed by atoms with van der Waals surface area (Å²) in [7, 11) is 2.31. The van der Waals surface area contributed by atoms with Crippen LogP contribution in [0.15, 0.2) is 24.4 Å². The summed E-state index contributed by atoms with van der Waals surface area (Å²) in [4.78, 5) is 6.05. The third kappa shape index (κ3) is 0.777. The van der Waals surface area contributed by atoms with Crippen LogP contribution in [0.1, 0.15) is 24.5 Å². The van der Waals surface area contributed by atoms with Gasteiger partial charge in [0.1, 0.15) is 0 Å². The highest BCUT2D eigenvalue weighted by molar-refractivity contribution is 5.90. The number of hydrogen-bond acceptors (Lipinski definition) is 1. The van der Waals surface area contributed by atoms with Gasteiger partial charge in [0.05, 0.1) is 0 Å². The van der Waals surface area contributed by atoms with Crippen LogP contribution in [0.2, 0.25) is 0 Å². The van der Waals surface area contributed by atoms with E-state index >= 15 is 0 Å². The highest BCUT2D eigenvalue weighted by Gasteiger charge is 2.74. The summed E-state index contributed by atoms with van der Waals surface area (Å²) in [6.45, 7) is 3.75. The van der Waals surface area contributed by atoms with E-state index in [2.05, 4.69) is 48.3 Å². The number of likely N-dealkylation sites (tertiary alicyclic amines) is 1. The second kappa shape index (κ2) is 2.53. The third-order valence-electron chi connectivity index (χ3n) is 6.00. The Kier molecular flexibility index (Phi) is 1.35. The summed E-state index contributed by atoms with van der Waals surface area (Å²) < 4.78 is 0. The number of aromatic nitrogens is 1. The molecule has 92 valence electrons. The van der Waals surface area contributed by atoms with E-state index in [-0.39, 0.29) is 0 Å². The van der Waals surface area contributed by atoms with E-state index in [0.29, 0.717) is 10.8 Å². The quantitative estimate of drug-likeness (QED) is 0.747. The largest absolute Gasteiger partial charge is 0.361 e. The molecule has 2 aromatic rings. The van der Waals surface area contributed by atoms with Gasteiger partial charge in [0.25, 0.3) is 0 Å². The fraction of sp³-hybridized carbons (Fsp3) is 0.500. The molecule has 5 rings (SSSR count). The molecular weight excluding hydrogens is 220 g/mol. The maximum atomic E-state index is 3.45. The molecule has 1 spiro atoms. The normalized spacial score (nSPS) is 40.9. The van der Waals surface area contributed by atoms with Crippen LogP contribution in [0, 0.1) is 5.41 Å². The molecule has 3 aliphatic rings. The van der Waals surface area contributed by atoms with Crippen molar-refractivity contribution < 1.29 is 0 Å². The van der Waals surface area contributed by atoms with Gasteiger partial charge in [0.15, 0.2) is 0 Å². The number of benzene rings is 1. The zero-order valence-electron chi connectivity index (χ0n) is 11.0. The first kappa shape index (κ1) is 9.62. The number of hydrogen-bond donors (Lipinski definition) is 1. The Labute approximate surface area is 107 Å². The summed E-state index contributed by atoms with van der Waals surface area (Å²) in [5.41, 5.74) is 5.46. The number of nitrogens with one attached hydrogen (secondary N) is 1. The number of likely N-dealkylation sites (N-methyl/N-ethyl adjacent to an activating group) is 1. The lowest BCUT2D eigenvalue weighted by molar-refractivity contribution is 0.246. The van der Waals surface area contributed by atoms with Crippen molar-refractivity contribution in [3.05, 3.63) is 35.5 Å². The van der Waals surface area contributed by atoms with Crippen molar-refractivity contribution in [2.45, 2.75) is 31.2 Å². The van der Waals surface area contributed by atoms with Crippen molar-refractivity contribution in [2.75, 3.05) is 13.6 Å². The van der Waals surface area contributed by atoms with Gasteiger partial charge in [-0.25, -0.2) is 0 Å². The Hall–Kier alpha value is -1.28. The molecule has 2 aliphatic carbocycles. The van der Waals surface area contributed by atoms with Crippen LogP contribution in [0.25, 0.3) is 10.9 Å². The van der Waals surface area contributed by atoms with Gasteiger partial charge in [-0.1, -0.05) is 19.1 Å².